The number of piperidine rings is 1. The van der Waals surface area contributed by atoms with E-state index in [0.29, 0.717) is 37.6 Å². The van der Waals surface area contributed by atoms with E-state index < -0.39 is 10.0 Å². The number of aromatic nitrogens is 1. The number of rotatable bonds is 6. The van der Waals surface area contributed by atoms with E-state index in [9.17, 15) is 13.2 Å². The van der Waals surface area contributed by atoms with Gasteiger partial charge in [-0.1, -0.05) is 0 Å². The van der Waals surface area contributed by atoms with Crippen LogP contribution in [0.15, 0.2) is 5.38 Å². The van der Waals surface area contributed by atoms with Gasteiger partial charge in [0, 0.05) is 31.4 Å². The molecule has 2 heterocycles. The minimum atomic E-state index is -3.14. The number of anilines is 1. The van der Waals surface area contributed by atoms with Crippen molar-refractivity contribution >= 4 is 32.4 Å². The molecule has 0 saturated carbocycles. The van der Waals surface area contributed by atoms with Crippen LogP contribution in [0.4, 0.5) is 5.13 Å². The van der Waals surface area contributed by atoms with Crippen LogP contribution in [0.25, 0.3) is 0 Å². The summed E-state index contributed by atoms with van der Waals surface area (Å²) in [6.07, 6.45) is 3.94. The highest BCUT2D eigenvalue weighted by Gasteiger charge is 2.25. The van der Waals surface area contributed by atoms with Crippen LogP contribution in [0.5, 0.6) is 0 Å². The lowest BCUT2D eigenvalue weighted by molar-refractivity contribution is -0.121. The number of sulfonamides is 1. The van der Waals surface area contributed by atoms with Crippen molar-refractivity contribution in [3.05, 3.63) is 11.1 Å². The Hall–Kier alpha value is -1.19. The van der Waals surface area contributed by atoms with E-state index in [-0.39, 0.29) is 11.8 Å². The first-order chi connectivity index (χ1) is 10.3. The van der Waals surface area contributed by atoms with Crippen LogP contribution in [0.3, 0.4) is 0 Å². The molecule has 9 heteroatoms. The molecule has 1 unspecified atom stereocenters. The molecule has 2 rings (SSSR count). The molecule has 1 aromatic rings. The molecule has 1 amide bonds. The summed E-state index contributed by atoms with van der Waals surface area (Å²) in [6.45, 7) is 1.58. The molecule has 124 valence electrons. The Kier molecular flexibility index (Phi) is 5.76. The Morgan fingerprint density at radius 1 is 1.59 bits per heavy atom. The maximum atomic E-state index is 11.8. The van der Waals surface area contributed by atoms with E-state index in [4.69, 9.17) is 5.73 Å². The monoisotopic (exact) mass is 346 g/mol. The van der Waals surface area contributed by atoms with Crippen LogP contribution in [-0.4, -0.2) is 49.5 Å². The fourth-order valence-electron chi connectivity index (χ4n) is 2.52. The Balaban J connectivity index is 1.71. The molecule has 1 aliphatic rings. The second-order valence-corrected chi connectivity index (χ2v) is 8.48. The minimum absolute atomic E-state index is 0.0388. The van der Waals surface area contributed by atoms with Gasteiger partial charge in [-0.3, -0.25) is 4.79 Å². The van der Waals surface area contributed by atoms with E-state index in [0.717, 1.165) is 18.5 Å². The topological polar surface area (TPSA) is 105 Å². The van der Waals surface area contributed by atoms with Crippen molar-refractivity contribution in [3.8, 4) is 0 Å². The molecule has 0 spiro atoms. The number of hydrogen-bond acceptors (Lipinski definition) is 6. The molecular weight excluding hydrogens is 324 g/mol. The first kappa shape index (κ1) is 17.2. The van der Waals surface area contributed by atoms with Crippen molar-refractivity contribution in [1.29, 1.82) is 0 Å². The van der Waals surface area contributed by atoms with E-state index in [1.54, 1.807) is 0 Å². The van der Waals surface area contributed by atoms with Gasteiger partial charge in [0.15, 0.2) is 5.13 Å². The number of carbonyl (C=O) groups is 1. The van der Waals surface area contributed by atoms with Crippen LogP contribution < -0.4 is 11.1 Å². The van der Waals surface area contributed by atoms with Crippen molar-refractivity contribution < 1.29 is 13.2 Å². The number of nitrogen functional groups attached to an aromatic ring is 1. The van der Waals surface area contributed by atoms with Gasteiger partial charge < -0.3 is 11.1 Å². The molecule has 1 fully saturated rings. The van der Waals surface area contributed by atoms with Gasteiger partial charge in [-0.15, -0.1) is 11.3 Å². The summed E-state index contributed by atoms with van der Waals surface area (Å²) < 4.78 is 24.6. The smallest absolute Gasteiger partial charge is 0.220 e. The van der Waals surface area contributed by atoms with E-state index in [1.807, 2.05) is 5.38 Å². The third-order valence-electron chi connectivity index (χ3n) is 3.72. The molecule has 1 saturated heterocycles. The largest absolute Gasteiger partial charge is 0.375 e. The summed E-state index contributed by atoms with van der Waals surface area (Å²) in [7, 11) is -3.14. The minimum Gasteiger partial charge on any atom is -0.375 e. The second-order valence-electron chi connectivity index (χ2n) is 5.61. The predicted octanol–water partition coefficient (Wildman–Crippen LogP) is 0.446. The number of hydrogen-bond donors (Lipinski definition) is 2. The Morgan fingerprint density at radius 2 is 2.36 bits per heavy atom. The number of nitrogens with one attached hydrogen (secondary N) is 1. The molecule has 0 aromatic carbocycles. The lowest BCUT2D eigenvalue weighted by Gasteiger charge is -2.30. The summed E-state index contributed by atoms with van der Waals surface area (Å²) >= 11 is 1.37. The summed E-state index contributed by atoms with van der Waals surface area (Å²) in [5.41, 5.74) is 6.37. The van der Waals surface area contributed by atoms with Crippen LogP contribution in [0, 0.1) is 5.92 Å². The average molecular weight is 346 g/mol. The zero-order chi connectivity index (χ0) is 16.2. The molecule has 22 heavy (non-hydrogen) atoms. The highest BCUT2D eigenvalue weighted by atomic mass is 32.2. The van der Waals surface area contributed by atoms with Gasteiger partial charge in [0.05, 0.1) is 11.9 Å². The highest BCUT2D eigenvalue weighted by Crippen LogP contribution is 2.18. The molecule has 3 N–H and O–H groups in total. The average Bonchev–Trinajstić information content (AvgIpc) is 2.88. The summed E-state index contributed by atoms with van der Waals surface area (Å²) in [6, 6.07) is 0. The Labute approximate surface area is 135 Å². The van der Waals surface area contributed by atoms with Crippen molar-refractivity contribution in [3.63, 3.8) is 0 Å². The molecule has 0 aliphatic carbocycles. The van der Waals surface area contributed by atoms with Gasteiger partial charge in [0.2, 0.25) is 15.9 Å². The molecule has 0 bridgehead atoms. The molecule has 1 atom stereocenters. The van der Waals surface area contributed by atoms with Gasteiger partial charge >= 0.3 is 0 Å². The van der Waals surface area contributed by atoms with Crippen LogP contribution in [0.1, 0.15) is 25.0 Å². The summed E-state index contributed by atoms with van der Waals surface area (Å²) in [4.78, 5) is 16.0. The van der Waals surface area contributed by atoms with E-state index in [2.05, 4.69) is 10.3 Å². The van der Waals surface area contributed by atoms with Gasteiger partial charge in [-0.25, -0.2) is 17.7 Å². The number of carbonyl (C=O) groups excluding carboxylic acids is 1. The number of thiazole rings is 1. The van der Waals surface area contributed by atoms with Crippen molar-refractivity contribution in [2.45, 2.75) is 25.7 Å². The summed E-state index contributed by atoms with van der Waals surface area (Å²) in [5, 5.41) is 5.25. The Bertz CT molecular complexity index is 615. The molecule has 7 nitrogen and oxygen atoms in total. The second kappa shape index (κ2) is 7.38. The number of nitrogens with zero attached hydrogens (tertiary/aromatic N) is 2. The zero-order valence-corrected chi connectivity index (χ0v) is 14.3. The van der Waals surface area contributed by atoms with Crippen LogP contribution >= 0.6 is 11.3 Å². The number of amides is 1. The lowest BCUT2D eigenvalue weighted by atomic mass is 9.99. The standard InChI is InChI=1S/C13H22N4O3S2/c1-22(19,20)17-6-2-3-10(8-17)7-15-12(18)5-4-11-9-21-13(14)16-11/h9-10H,2-8H2,1H3,(H2,14,16)(H,15,18). The predicted molar refractivity (Wildman–Crippen MR) is 87.0 cm³/mol. The van der Waals surface area contributed by atoms with E-state index in [1.165, 1.54) is 21.9 Å². The normalized spacial score (nSPS) is 20.0. The van der Waals surface area contributed by atoms with Crippen LogP contribution in [0.2, 0.25) is 0 Å². The molecule has 1 aromatic heterocycles. The third kappa shape index (κ3) is 5.22. The zero-order valence-electron chi connectivity index (χ0n) is 12.6. The summed E-state index contributed by atoms with van der Waals surface area (Å²) in [5.74, 6) is 0.144. The Morgan fingerprint density at radius 3 is 3.00 bits per heavy atom. The quantitative estimate of drug-likeness (QED) is 0.778. The fourth-order valence-corrected chi connectivity index (χ4v) is 4.06. The van der Waals surface area contributed by atoms with Gasteiger partial charge in [-0.2, -0.15) is 0 Å². The van der Waals surface area contributed by atoms with E-state index >= 15 is 0 Å². The van der Waals surface area contributed by atoms with Crippen molar-refractivity contribution in [1.82, 2.24) is 14.6 Å². The third-order valence-corrected chi connectivity index (χ3v) is 5.71. The van der Waals surface area contributed by atoms with Crippen molar-refractivity contribution in [2.24, 2.45) is 5.92 Å². The highest BCUT2D eigenvalue weighted by molar-refractivity contribution is 7.88. The molecule has 0 radical (unpaired) electrons. The first-order valence-electron chi connectivity index (χ1n) is 7.26. The van der Waals surface area contributed by atoms with Gasteiger partial charge in [0.1, 0.15) is 0 Å². The maximum absolute atomic E-state index is 11.8. The first-order valence-corrected chi connectivity index (χ1v) is 9.99. The number of aryl methyl sites for hydroxylation is 1. The van der Waals surface area contributed by atoms with Gasteiger partial charge in [-0.05, 0) is 25.2 Å². The maximum Gasteiger partial charge on any atom is 0.220 e. The van der Waals surface area contributed by atoms with Crippen molar-refractivity contribution in [2.75, 3.05) is 31.6 Å². The number of nitrogens with two attached hydrogens (primary N) is 1. The van der Waals surface area contributed by atoms with Gasteiger partial charge in [0.25, 0.3) is 0 Å². The molecular formula is C13H22N4O3S2. The SMILES string of the molecule is CS(=O)(=O)N1CCCC(CNC(=O)CCc2csc(N)n2)C1. The lowest BCUT2D eigenvalue weighted by Crippen LogP contribution is -2.43. The molecule has 1 aliphatic heterocycles. The fraction of sp³-hybridized carbons (Fsp3) is 0.692. The van der Waals surface area contributed by atoms with Crippen LogP contribution in [-0.2, 0) is 21.2 Å².